The highest BCUT2D eigenvalue weighted by atomic mass is 35.5. The average Bonchev–Trinajstić information content (AvgIpc) is 2.81. The van der Waals surface area contributed by atoms with Crippen LogP contribution in [0.2, 0.25) is 5.02 Å². The predicted molar refractivity (Wildman–Crippen MR) is 83.5 cm³/mol. The molecule has 0 atom stereocenters. The van der Waals surface area contributed by atoms with Crippen molar-refractivity contribution in [1.82, 2.24) is 15.3 Å². The van der Waals surface area contributed by atoms with Gasteiger partial charge in [0, 0.05) is 40.6 Å². The van der Waals surface area contributed by atoms with Crippen molar-refractivity contribution in [3.8, 4) is 0 Å². The van der Waals surface area contributed by atoms with Crippen molar-refractivity contribution < 1.29 is 4.79 Å². The topological polar surface area (TPSA) is 57.8 Å². The number of hydrogen-bond donors (Lipinski definition) is 2. The number of aromatic nitrogens is 2. The summed E-state index contributed by atoms with van der Waals surface area (Å²) in [5.41, 5.74) is 3.32. The number of rotatable bonds is 3. The van der Waals surface area contributed by atoms with Gasteiger partial charge < -0.3 is 10.3 Å². The van der Waals surface area contributed by atoms with Crippen molar-refractivity contribution in [2.45, 2.75) is 13.5 Å². The molecule has 2 heterocycles. The summed E-state index contributed by atoms with van der Waals surface area (Å²) in [5.74, 6) is -0.107. The minimum atomic E-state index is -0.107. The second-order valence-corrected chi connectivity index (χ2v) is 5.30. The van der Waals surface area contributed by atoms with Gasteiger partial charge in [0.15, 0.2) is 0 Å². The highest BCUT2D eigenvalue weighted by Gasteiger charge is 2.15. The molecule has 0 saturated heterocycles. The second-order valence-electron chi connectivity index (χ2n) is 4.86. The molecule has 5 heteroatoms. The quantitative estimate of drug-likeness (QED) is 0.778. The number of aryl methyl sites for hydroxylation is 1. The maximum Gasteiger partial charge on any atom is 0.253 e. The van der Waals surface area contributed by atoms with E-state index in [1.807, 2.05) is 31.2 Å². The Morgan fingerprint density at radius 1 is 1.38 bits per heavy atom. The summed E-state index contributed by atoms with van der Waals surface area (Å²) in [4.78, 5) is 19.6. The molecule has 3 aromatic rings. The zero-order chi connectivity index (χ0) is 14.8. The largest absolute Gasteiger partial charge is 0.358 e. The fourth-order valence-corrected chi connectivity index (χ4v) is 2.54. The minimum absolute atomic E-state index is 0.107. The van der Waals surface area contributed by atoms with Gasteiger partial charge in [-0.1, -0.05) is 23.7 Å². The van der Waals surface area contributed by atoms with Crippen LogP contribution in [0.3, 0.4) is 0 Å². The Morgan fingerprint density at radius 2 is 2.24 bits per heavy atom. The molecule has 21 heavy (non-hydrogen) atoms. The third kappa shape index (κ3) is 2.76. The lowest BCUT2D eigenvalue weighted by molar-refractivity contribution is 0.0952. The standard InChI is InChI=1S/C16H14ClN3O/c1-10-15(13-5-4-12(17)7-14(13)20-10)16(21)19-9-11-3-2-6-18-8-11/h2-8,20H,9H2,1H3,(H,19,21). The molecule has 0 saturated carbocycles. The smallest absolute Gasteiger partial charge is 0.253 e. The molecule has 1 aromatic carbocycles. The average molecular weight is 300 g/mol. The summed E-state index contributed by atoms with van der Waals surface area (Å²) in [6.07, 6.45) is 3.45. The van der Waals surface area contributed by atoms with Crippen molar-refractivity contribution >= 4 is 28.4 Å². The summed E-state index contributed by atoms with van der Waals surface area (Å²) < 4.78 is 0. The van der Waals surface area contributed by atoms with Crippen LogP contribution in [0, 0.1) is 6.92 Å². The van der Waals surface area contributed by atoms with Crippen LogP contribution < -0.4 is 5.32 Å². The monoisotopic (exact) mass is 299 g/mol. The van der Waals surface area contributed by atoms with E-state index >= 15 is 0 Å². The van der Waals surface area contributed by atoms with E-state index in [2.05, 4.69) is 15.3 Å². The van der Waals surface area contributed by atoms with E-state index in [1.165, 1.54) is 0 Å². The Bertz CT molecular complexity index is 796. The molecule has 0 bridgehead atoms. The molecule has 4 nitrogen and oxygen atoms in total. The van der Waals surface area contributed by atoms with Crippen molar-refractivity contribution in [2.75, 3.05) is 0 Å². The summed E-state index contributed by atoms with van der Waals surface area (Å²) >= 11 is 5.97. The number of nitrogens with one attached hydrogen (secondary N) is 2. The van der Waals surface area contributed by atoms with Gasteiger partial charge in [-0.3, -0.25) is 9.78 Å². The van der Waals surface area contributed by atoms with E-state index in [1.54, 1.807) is 18.5 Å². The maximum atomic E-state index is 12.4. The van der Waals surface area contributed by atoms with Crippen LogP contribution in [-0.2, 0) is 6.54 Å². The number of carbonyl (C=O) groups excluding carboxylic acids is 1. The van der Waals surface area contributed by atoms with Gasteiger partial charge >= 0.3 is 0 Å². The minimum Gasteiger partial charge on any atom is -0.358 e. The molecule has 1 amide bonds. The van der Waals surface area contributed by atoms with Gasteiger partial charge in [-0.15, -0.1) is 0 Å². The Hall–Kier alpha value is -2.33. The van der Waals surface area contributed by atoms with Crippen molar-refractivity contribution in [2.24, 2.45) is 0 Å². The van der Waals surface area contributed by atoms with E-state index in [4.69, 9.17) is 11.6 Å². The molecule has 2 aromatic heterocycles. The lowest BCUT2D eigenvalue weighted by Crippen LogP contribution is -2.23. The van der Waals surface area contributed by atoms with E-state index in [-0.39, 0.29) is 5.91 Å². The summed E-state index contributed by atoms with van der Waals surface area (Å²) in [6.45, 7) is 2.33. The molecule has 0 aliphatic heterocycles. The molecule has 0 spiro atoms. The Morgan fingerprint density at radius 3 is 3.00 bits per heavy atom. The van der Waals surface area contributed by atoms with E-state index in [0.29, 0.717) is 17.1 Å². The number of aromatic amines is 1. The number of amides is 1. The summed E-state index contributed by atoms with van der Waals surface area (Å²) in [5, 5.41) is 4.44. The number of hydrogen-bond acceptors (Lipinski definition) is 2. The number of halogens is 1. The summed E-state index contributed by atoms with van der Waals surface area (Å²) in [7, 11) is 0. The van der Waals surface area contributed by atoms with Crippen LogP contribution in [0.4, 0.5) is 0 Å². The molecule has 0 unspecified atom stereocenters. The third-order valence-electron chi connectivity index (χ3n) is 3.35. The van der Waals surface area contributed by atoms with Gasteiger partial charge in [0.2, 0.25) is 0 Å². The molecule has 2 N–H and O–H groups in total. The Balaban J connectivity index is 1.86. The van der Waals surface area contributed by atoms with Gasteiger partial charge in [-0.05, 0) is 30.7 Å². The molecular formula is C16H14ClN3O. The van der Waals surface area contributed by atoms with Gasteiger partial charge in [0.1, 0.15) is 0 Å². The number of fused-ring (bicyclic) bond motifs is 1. The van der Waals surface area contributed by atoms with Crippen LogP contribution in [0.5, 0.6) is 0 Å². The van der Waals surface area contributed by atoms with Crippen molar-refractivity contribution in [3.63, 3.8) is 0 Å². The van der Waals surface area contributed by atoms with Gasteiger partial charge in [0.05, 0.1) is 5.56 Å². The first-order valence-corrected chi connectivity index (χ1v) is 6.98. The third-order valence-corrected chi connectivity index (χ3v) is 3.59. The van der Waals surface area contributed by atoms with E-state index < -0.39 is 0 Å². The first-order chi connectivity index (χ1) is 10.1. The Kier molecular flexibility index (Phi) is 3.62. The Labute approximate surface area is 127 Å². The predicted octanol–water partition coefficient (Wildman–Crippen LogP) is 3.45. The SMILES string of the molecule is Cc1[nH]c2cc(Cl)ccc2c1C(=O)NCc1cccnc1. The first kappa shape index (κ1) is 13.6. The molecule has 0 radical (unpaired) electrons. The fraction of sp³-hybridized carbons (Fsp3) is 0.125. The second kappa shape index (κ2) is 5.58. The van der Waals surface area contributed by atoms with E-state index in [9.17, 15) is 4.79 Å². The molecule has 106 valence electrons. The number of nitrogens with zero attached hydrogens (tertiary/aromatic N) is 1. The van der Waals surface area contributed by atoms with Crippen LogP contribution in [-0.4, -0.2) is 15.9 Å². The summed E-state index contributed by atoms with van der Waals surface area (Å²) in [6, 6.07) is 9.24. The van der Waals surface area contributed by atoms with E-state index in [0.717, 1.165) is 22.2 Å². The number of carbonyl (C=O) groups is 1. The van der Waals surface area contributed by atoms with Crippen molar-refractivity contribution in [3.05, 3.63) is 64.6 Å². The van der Waals surface area contributed by atoms with Crippen LogP contribution in [0.25, 0.3) is 10.9 Å². The number of H-pyrrole nitrogens is 1. The van der Waals surface area contributed by atoms with Gasteiger partial charge in [-0.25, -0.2) is 0 Å². The molecule has 3 rings (SSSR count). The lowest BCUT2D eigenvalue weighted by Gasteiger charge is -2.05. The van der Waals surface area contributed by atoms with Crippen LogP contribution in [0.1, 0.15) is 21.6 Å². The van der Waals surface area contributed by atoms with Crippen LogP contribution in [0.15, 0.2) is 42.7 Å². The maximum absolute atomic E-state index is 12.4. The normalized spacial score (nSPS) is 10.8. The van der Waals surface area contributed by atoms with Crippen LogP contribution >= 0.6 is 11.6 Å². The van der Waals surface area contributed by atoms with Gasteiger partial charge in [-0.2, -0.15) is 0 Å². The fourth-order valence-electron chi connectivity index (χ4n) is 2.37. The van der Waals surface area contributed by atoms with Gasteiger partial charge in [0.25, 0.3) is 5.91 Å². The highest BCUT2D eigenvalue weighted by Crippen LogP contribution is 2.25. The first-order valence-electron chi connectivity index (χ1n) is 6.60. The lowest BCUT2D eigenvalue weighted by atomic mass is 10.1. The highest BCUT2D eigenvalue weighted by molar-refractivity contribution is 6.31. The number of benzene rings is 1. The molecular weight excluding hydrogens is 286 g/mol. The molecule has 0 aliphatic rings. The number of pyridine rings is 1. The van der Waals surface area contributed by atoms with Crippen molar-refractivity contribution in [1.29, 1.82) is 0 Å². The molecule has 0 fully saturated rings. The zero-order valence-corrected chi connectivity index (χ0v) is 12.2. The molecule has 0 aliphatic carbocycles. The zero-order valence-electron chi connectivity index (χ0n) is 11.5.